The number of para-hydroxylation sites is 1. The van der Waals surface area contributed by atoms with Gasteiger partial charge in [-0.2, -0.15) is 0 Å². The maximum Gasteiger partial charge on any atom is 0.326 e. The van der Waals surface area contributed by atoms with E-state index in [0.29, 0.717) is 0 Å². The molecule has 1 fully saturated rings. The molecule has 3 aromatic carbocycles. The molecule has 0 aliphatic carbocycles. The summed E-state index contributed by atoms with van der Waals surface area (Å²) in [6, 6.07) is 21.2. The molecule has 2 N–H and O–H groups in total. The smallest absolute Gasteiger partial charge is 0.326 e. The fourth-order valence-electron chi connectivity index (χ4n) is 4.15. The number of carboxylic acid groups (broad SMARTS) is 1. The van der Waals surface area contributed by atoms with Crippen LogP contribution in [0.5, 0.6) is 5.75 Å². The molecule has 1 heterocycles. The molecule has 8 heteroatoms. The van der Waals surface area contributed by atoms with E-state index in [0.717, 1.165) is 37.2 Å². The highest BCUT2D eigenvalue weighted by molar-refractivity contribution is 6.39. The highest BCUT2D eigenvalue weighted by atomic mass is 35.5. The van der Waals surface area contributed by atoms with Crippen molar-refractivity contribution in [2.45, 2.75) is 31.4 Å². The Morgan fingerprint density at radius 1 is 0.943 bits per heavy atom. The van der Waals surface area contributed by atoms with E-state index in [4.69, 9.17) is 27.9 Å². The van der Waals surface area contributed by atoms with Gasteiger partial charge in [0.15, 0.2) is 0 Å². The van der Waals surface area contributed by atoms with Crippen molar-refractivity contribution >= 4 is 40.8 Å². The van der Waals surface area contributed by atoms with E-state index in [1.807, 2.05) is 42.5 Å². The number of nitrogens with one attached hydrogen (secondary N) is 1. The summed E-state index contributed by atoms with van der Waals surface area (Å²) in [6.45, 7) is 1.87. The number of carbonyl (C=O) groups excluding carboxylic acids is 1. The molecule has 1 amide bonds. The topological polar surface area (TPSA) is 78.9 Å². The Bertz CT molecular complexity index is 1140. The zero-order chi connectivity index (χ0) is 24.8. The summed E-state index contributed by atoms with van der Waals surface area (Å²) in [4.78, 5) is 26.8. The molecule has 0 aromatic heterocycles. The van der Waals surface area contributed by atoms with Crippen LogP contribution in [-0.2, 0) is 11.2 Å². The average Bonchev–Trinajstić information content (AvgIpc) is 2.85. The molecule has 4 rings (SSSR count). The van der Waals surface area contributed by atoms with Crippen LogP contribution in [0.3, 0.4) is 0 Å². The fourth-order valence-corrected chi connectivity index (χ4v) is 4.72. The van der Waals surface area contributed by atoms with E-state index >= 15 is 0 Å². The number of hydrogen-bond donors (Lipinski definition) is 2. The normalized spacial score (nSPS) is 14.9. The number of aliphatic carboxylic acids is 1. The lowest BCUT2D eigenvalue weighted by atomic mass is 10.0. The second-order valence-corrected chi connectivity index (χ2v) is 9.26. The van der Waals surface area contributed by atoms with Gasteiger partial charge in [-0.15, -0.1) is 0 Å². The van der Waals surface area contributed by atoms with Gasteiger partial charge in [0.1, 0.15) is 17.9 Å². The predicted octanol–water partition coefficient (Wildman–Crippen LogP) is 5.47. The maximum absolute atomic E-state index is 12.6. The molecule has 0 bridgehead atoms. The molecule has 3 aromatic rings. The van der Waals surface area contributed by atoms with Gasteiger partial charge in [-0.25, -0.2) is 4.79 Å². The van der Waals surface area contributed by atoms with Gasteiger partial charge >= 0.3 is 5.97 Å². The molecular formula is C27H26Cl2N2O4. The number of piperidine rings is 1. The number of nitrogens with zero attached hydrogens (tertiary/aromatic N) is 1. The molecule has 1 saturated heterocycles. The minimum Gasteiger partial charge on any atom is -0.490 e. The first-order chi connectivity index (χ1) is 16.9. The molecule has 0 saturated carbocycles. The standard InChI is InChI=1S/C27H26Cl2N2O4/c28-22-7-4-8-23(29)25(22)26(32)30-24(27(33)34)17-18-9-11-20(12-10-18)35-21-13-15-31(16-14-21)19-5-2-1-3-6-19/h1-12,21,24H,13-17H2,(H,30,32)(H,33,34)/t24-/m0/s1. The number of hydrogen-bond acceptors (Lipinski definition) is 4. The first-order valence-corrected chi connectivity index (χ1v) is 12.2. The van der Waals surface area contributed by atoms with Crippen molar-refractivity contribution in [2.24, 2.45) is 0 Å². The Morgan fingerprint density at radius 3 is 2.17 bits per heavy atom. The summed E-state index contributed by atoms with van der Waals surface area (Å²) in [5, 5.41) is 12.5. The Hall–Kier alpha value is -3.22. The Kier molecular flexibility index (Phi) is 8.16. The van der Waals surface area contributed by atoms with Crippen LogP contribution in [0.4, 0.5) is 5.69 Å². The fraction of sp³-hybridized carbons (Fsp3) is 0.259. The van der Waals surface area contributed by atoms with E-state index in [-0.39, 0.29) is 28.1 Å². The second kappa shape index (κ2) is 11.5. The van der Waals surface area contributed by atoms with Gasteiger partial charge < -0.3 is 20.1 Å². The van der Waals surface area contributed by atoms with Gasteiger partial charge in [0.2, 0.25) is 0 Å². The monoisotopic (exact) mass is 512 g/mol. The van der Waals surface area contributed by atoms with Gasteiger partial charge in [-0.05, 0) is 42.0 Å². The third-order valence-electron chi connectivity index (χ3n) is 6.02. The minimum atomic E-state index is -1.15. The quantitative estimate of drug-likeness (QED) is 0.418. The number of anilines is 1. The summed E-state index contributed by atoms with van der Waals surface area (Å²) in [7, 11) is 0. The number of ether oxygens (including phenoxy) is 1. The lowest BCUT2D eigenvalue weighted by Gasteiger charge is -2.33. The number of rotatable bonds is 8. The molecule has 1 atom stereocenters. The predicted molar refractivity (Wildman–Crippen MR) is 138 cm³/mol. The van der Waals surface area contributed by atoms with Crippen molar-refractivity contribution in [3.05, 3.63) is 94.0 Å². The number of carbonyl (C=O) groups is 2. The number of carboxylic acids is 1. The SMILES string of the molecule is O=C(N[C@@H](Cc1ccc(OC2CCN(c3ccccc3)CC2)cc1)C(=O)O)c1c(Cl)cccc1Cl. The molecule has 0 radical (unpaired) electrons. The van der Waals surface area contributed by atoms with Crippen LogP contribution in [0.1, 0.15) is 28.8 Å². The van der Waals surface area contributed by atoms with Crippen molar-refractivity contribution in [1.82, 2.24) is 5.32 Å². The highest BCUT2D eigenvalue weighted by Crippen LogP contribution is 2.25. The second-order valence-electron chi connectivity index (χ2n) is 8.45. The summed E-state index contributed by atoms with van der Waals surface area (Å²) < 4.78 is 6.15. The summed E-state index contributed by atoms with van der Waals surface area (Å²) in [5.74, 6) is -1.03. The first kappa shape index (κ1) is 24.9. The molecule has 6 nitrogen and oxygen atoms in total. The van der Waals surface area contributed by atoms with Crippen LogP contribution in [0.15, 0.2) is 72.8 Å². The van der Waals surface area contributed by atoms with Crippen LogP contribution >= 0.6 is 23.2 Å². The Balaban J connectivity index is 1.32. The van der Waals surface area contributed by atoms with E-state index in [2.05, 4.69) is 22.3 Å². The molecule has 1 aliphatic heterocycles. The molecular weight excluding hydrogens is 487 g/mol. The molecule has 35 heavy (non-hydrogen) atoms. The zero-order valence-electron chi connectivity index (χ0n) is 19.0. The zero-order valence-corrected chi connectivity index (χ0v) is 20.5. The van der Waals surface area contributed by atoms with Crippen LogP contribution in [0, 0.1) is 0 Å². The summed E-state index contributed by atoms with van der Waals surface area (Å²) >= 11 is 12.1. The lowest BCUT2D eigenvalue weighted by Crippen LogP contribution is -2.42. The molecule has 0 unspecified atom stereocenters. The Labute approximate surface area is 214 Å². The lowest BCUT2D eigenvalue weighted by molar-refractivity contribution is -0.139. The van der Waals surface area contributed by atoms with E-state index in [1.54, 1.807) is 6.07 Å². The van der Waals surface area contributed by atoms with Gasteiger partial charge in [0, 0.05) is 38.0 Å². The summed E-state index contributed by atoms with van der Waals surface area (Å²) in [6.07, 6.45) is 2.09. The minimum absolute atomic E-state index is 0.0594. The van der Waals surface area contributed by atoms with E-state index in [9.17, 15) is 14.7 Å². The Morgan fingerprint density at radius 2 is 1.57 bits per heavy atom. The van der Waals surface area contributed by atoms with Crippen LogP contribution < -0.4 is 15.0 Å². The average molecular weight is 513 g/mol. The van der Waals surface area contributed by atoms with E-state index in [1.165, 1.54) is 17.8 Å². The van der Waals surface area contributed by atoms with Gasteiger partial charge in [0.05, 0.1) is 15.6 Å². The van der Waals surface area contributed by atoms with Crippen LogP contribution in [0.2, 0.25) is 10.0 Å². The third-order valence-corrected chi connectivity index (χ3v) is 6.65. The molecule has 1 aliphatic rings. The number of benzene rings is 3. The molecule has 182 valence electrons. The highest BCUT2D eigenvalue weighted by Gasteiger charge is 2.24. The van der Waals surface area contributed by atoms with Crippen molar-refractivity contribution in [1.29, 1.82) is 0 Å². The molecule has 0 spiro atoms. The van der Waals surface area contributed by atoms with Crippen LogP contribution in [0.25, 0.3) is 0 Å². The number of halogens is 2. The van der Waals surface area contributed by atoms with Crippen LogP contribution in [-0.4, -0.2) is 42.2 Å². The largest absolute Gasteiger partial charge is 0.490 e. The van der Waals surface area contributed by atoms with Gasteiger partial charge in [-0.1, -0.05) is 59.6 Å². The summed E-state index contributed by atoms with van der Waals surface area (Å²) in [5.41, 5.74) is 2.05. The van der Waals surface area contributed by atoms with Crippen molar-refractivity contribution in [3.8, 4) is 5.75 Å². The van der Waals surface area contributed by atoms with Gasteiger partial charge in [-0.3, -0.25) is 4.79 Å². The first-order valence-electron chi connectivity index (χ1n) is 11.4. The van der Waals surface area contributed by atoms with Crippen molar-refractivity contribution in [3.63, 3.8) is 0 Å². The van der Waals surface area contributed by atoms with Crippen molar-refractivity contribution in [2.75, 3.05) is 18.0 Å². The third kappa shape index (κ3) is 6.47. The van der Waals surface area contributed by atoms with Crippen molar-refractivity contribution < 1.29 is 19.4 Å². The van der Waals surface area contributed by atoms with E-state index < -0.39 is 17.9 Å². The van der Waals surface area contributed by atoms with Gasteiger partial charge in [0.25, 0.3) is 5.91 Å². The number of amides is 1. The maximum atomic E-state index is 12.6.